The molecule has 0 fully saturated rings. The number of nitrogens with one attached hydrogen (secondary N) is 2. The van der Waals surface area contributed by atoms with Gasteiger partial charge in [0.25, 0.3) is 10.0 Å². The number of anilines is 3. The number of benzene rings is 2. The summed E-state index contributed by atoms with van der Waals surface area (Å²) < 4.78 is 32.1. The van der Waals surface area contributed by atoms with Gasteiger partial charge in [-0.1, -0.05) is 34.4 Å². The number of hydrogen-bond acceptors (Lipinski definition) is 7. The van der Waals surface area contributed by atoms with E-state index in [9.17, 15) is 8.42 Å². The Morgan fingerprint density at radius 2 is 1.77 bits per heavy atom. The van der Waals surface area contributed by atoms with Gasteiger partial charge in [0.15, 0.2) is 10.9 Å². The third kappa shape index (κ3) is 5.58. The number of rotatable bonds is 6. The Kier molecular flexibility index (Phi) is 7.28. The van der Waals surface area contributed by atoms with Crippen molar-refractivity contribution in [2.75, 3.05) is 10.0 Å². The first-order valence-corrected chi connectivity index (χ1v) is 11.7. The maximum absolute atomic E-state index is 12.4. The zero-order valence-electron chi connectivity index (χ0n) is 15.8. The van der Waals surface area contributed by atoms with Crippen LogP contribution >= 0.6 is 51.5 Å². The quantitative estimate of drug-likeness (QED) is 0.277. The molecule has 2 aromatic carbocycles. The van der Waals surface area contributed by atoms with E-state index in [4.69, 9.17) is 27.7 Å². The topological polar surface area (TPSA) is 97.1 Å². The van der Waals surface area contributed by atoms with E-state index in [1.165, 1.54) is 29.5 Å². The van der Waals surface area contributed by atoms with Crippen LogP contribution in [-0.2, 0) is 10.0 Å². The Morgan fingerprint density at radius 1 is 1.03 bits per heavy atom. The summed E-state index contributed by atoms with van der Waals surface area (Å²) in [6, 6.07) is 13.1. The predicted molar refractivity (Wildman–Crippen MR) is 130 cm³/mol. The average molecular weight is 562 g/mol. The fraction of sp³-hybridized carbons (Fsp3) is 0.0526. The van der Waals surface area contributed by atoms with Crippen LogP contribution in [0.25, 0.3) is 11.3 Å². The second-order valence-electron chi connectivity index (χ2n) is 6.24. The van der Waals surface area contributed by atoms with Crippen LogP contribution in [0.5, 0.6) is 0 Å². The van der Waals surface area contributed by atoms with Crippen molar-refractivity contribution in [2.45, 2.75) is 11.8 Å². The Morgan fingerprint density at radius 3 is 2.42 bits per heavy atom. The molecular formula is C19H15BrCl2N4O3S2. The fourth-order valence-electron chi connectivity index (χ4n) is 2.57. The molecule has 0 saturated heterocycles. The van der Waals surface area contributed by atoms with Crippen molar-refractivity contribution in [3.05, 3.63) is 69.7 Å². The van der Waals surface area contributed by atoms with Gasteiger partial charge in [0.05, 0.1) is 20.6 Å². The minimum atomic E-state index is -3.77. The molecule has 0 saturated carbocycles. The molecular weight excluding hydrogens is 547 g/mol. The first kappa shape index (κ1) is 23.6. The van der Waals surface area contributed by atoms with Crippen LogP contribution in [0, 0.1) is 6.92 Å². The highest BCUT2D eigenvalue weighted by Gasteiger charge is 2.16. The summed E-state index contributed by atoms with van der Waals surface area (Å²) in [5, 5.41) is 10.3. The van der Waals surface area contributed by atoms with Gasteiger partial charge in [0.1, 0.15) is 5.76 Å². The van der Waals surface area contributed by atoms with E-state index in [-0.39, 0.29) is 27.7 Å². The van der Waals surface area contributed by atoms with Gasteiger partial charge in [-0.2, -0.15) is 0 Å². The fourth-order valence-corrected chi connectivity index (χ4v) is 4.59. The highest BCUT2D eigenvalue weighted by atomic mass is 79.9. The molecule has 0 spiro atoms. The van der Waals surface area contributed by atoms with E-state index < -0.39 is 10.0 Å². The van der Waals surface area contributed by atoms with Crippen LogP contribution in [-0.4, -0.2) is 18.6 Å². The van der Waals surface area contributed by atoms with Gasteiger partial charge in [-0.25, -0.2) is 13.4 Å². The van der Waals surface area contributed by atoms with E-state index in [2.05, 4.69) is 20.2 Å². The van der Waals surface area contributed by atoms with E-state index in [1.807, 2.05) is 11.4 Å². The van der Waals surface area contributed by atoms with Gasteiger partial charge in [-0.05, 0) is 43.3 Å². The van der Waals surface area contributed by atoms with Gasteiger partial charge in [-0.3, -0.25) is 4.72 Å². The second-order valence-corrected chi connectivity index (χ2v) is 9.60. The molecule has 0 aliphatic heterocycles. The Bertz CT molecular complexity index is 1310. The monoisotopic (exact) mass is 560 g/mol. The first-order valence-electron chi connectivity index (χ1n) is 8.54. The first-order chi connectivity index (χ1) is 14.3. The molecule has 4 rings (SSSR count). The number of aryl methyl sites for hydroxylation is 1. The SMILES string of the molecule is Br.Cc1cc(NS(=O)(=O)c2ccc(Nc3nc(-c4ccc(Cl)c(Cl)c4)cs3)cc2)no1. The highest BCUT2D eigenvalue weighted by Crippen LogP contribution is 2.31. The predicted octanol–water partition coefficient (Wildman–Crippen LogP) is 6.54. The molecule has 0 atom stereocenters. The van der Waals surface area contributed by atoms with Crippen molar-refractivity contribution in [1.29, 1.82) is 0 Å². The number of halogens is 3. The molecule has 0 bridgehead atoms. The summed E-state index contributed by atoms with van der Waals surface area (Å²) in [5.41, 5.74) is 2.30. The smallest absolute Gasteiger partial charge is 0.263 e. The summed E-state index contributed by atoms with van der Waals surface area (Å²) in [4.78, 5) is 4.63. The molecule has 0 radical (unpaired) electrons. The van der Waals surface area contributed by atoms with E-state index >= 15 is 0 Å². The lowest BCUT2D eigenvalue weighted by Gasteiger charge is -2.07. The lowest BCUT2D eigenvalue weighted by Crippen LogP contribution is -2.13. The minimum absolute atomic E-state index is 0. The molecule has 0 unspecified atom stereocenters. The summed E-state index contributed by atoms with van der Waals surface area (Å²) >= 11 is 13.4. The molecule has 4 aromatic rings. The summed E-state index contributed by atoms with van der Waals surface area (Å²) in [6.45, 7) is 1.68. The van der Waals surface area contributed by atoms with Gasteiger partial charge >= 0.3 is 0 Å². The van der Waals surface area contributed by atoms with Crippen LogP contribution in [0.4, 0.5) is 16.6 Å². The van der Waals surface area contributed by atoms with Crippen molar-refractivity contribution in [3.63, 3.8) is 0 Å². The Balaban J connectivity index is 0.00000272. The van der Waals surface area contributed by atoms with Crippen molar-refractivity contribution < 1.29 is 12.9 Å². The van der Waals surface area contributed by atoms with Crippen molar-refractivity contribution >= 4 is 78.2 Å². The third-order valence-corrected chi connectivity index (χ3v) is 6.87. The number of hydrogen-bond donors (Lipinski definition) is 2. The summed E-state index contributed by atoms with van der Waals surface area (Å²) in [7, 11) is -3.77. The van der Waals surface area contributed by atoms with Crippen molar-refractivity contribution in [1.82, 2.24) is 10.1 Å². The minimum Gasteiger partial charge on any atom is -0.360 e. The molecule has 0 aliphatic rings. The maximum atomic E-state index is 12.4. The zero-order chi connectivity index (χ0) is 21.3. The lowest BCUT2D eigenvalue weighted by atomic mass is 10.2. The molecule has 0 amide bonds. The van der Waals surface area contributed by atoms with Crippen molar-refractivity contribution in [2.24, 2.45) is 0 Å². The zero-order valence-corrected chi connectivity index (χ0v) is 20.7. The largest absolute Gasteiger partial charge is 0.360 e. The maximum Gasteiger partial charge on any atom is 0.263 e. The molecule has 7 nitrogen and oxygen atoms in total. The summed E-state index contributed by atoms with van der Waals surface area (Å²) in [6.07, 6.45) is 0. The molecule has 31 heavy (non-hydrogen) atoms. The molecule has 12 heteroatoms. The third-order valence-electron chi connectivity index (χ3n) is 4.00. The van der Waals surface area contributed by atoms with E-state index in [1.54, 1.807) is 31.2 Å². The number of aromatic nitrogens is 2. The molecule has 2 N–H and O–H groups in total. The van der Waals surface area contributed by atoms with E-state index in [0.717, 1.165) is 11.3 Å². The molecule has 0 aliphatic carbocycles. The average Bonchev–Trinajstić information content (AvgIpc) is 3.33. The van der Waals surface area contributed by atoms with Crippen LogP contribution in [0.15, 0.2) is 63.3 Å². The van der Waals surface area contributed by atoms with Crippen LogP contribution < -0.4 is 10.0 Å². The van der Waals surface area contributed by atoms with Gasteiger partial charge in [-0.15, -0.1) is 28.3 Å². The van der Waals surface area contributed by atoms with Crippen molar-refractivity contribution in [3.8, 4) is 11.3 Å². The van der Waals surface area contributed by atoms with Crippen LogP contribution in [0.2, 0.25) is 10.0 Å². The van der Waals surface area contributed by atoms with Gasteiger partial charge < -0.3 is 9.84 Å². The van der Waals surface area contributed by atoms with Crippen LogP contribution in [0.1, 0.15) is 5.76 Å². The second kappa shape index (κ2) is 9.58. The number of nitrogens with zero attached hydrogens (tertiary/aromatic N) is 2. The number of thiazole rings is 1. The van der Waals surface area contributed by atoms with Gasteiger partial charge in [0.2, 0.25) is 0 Å². The Hall–Kier alpha value is -2.11. The lowest BCUT2D eigenvalue weighted by molar-refractivity contribution is 0.400. The summed E-state index contributed by atoms with van der Waals surface area (Å²) in [5.74, 6) is 0.642. The molecule has 162 valence electrons. The molecule has 2 aromatic heterocycles. The number of sulfonamides is 1. The molecule has 2 heterocycles. The standard InChI is InChI=1S/C19H14Cl2N4O3S2.BrH/c1-11-8-18(24-28-11)25-30(26,27)14-5-3-13(4-6-14)22-19-23-17(10-29-19)12-2-7-15(20)16(21)9-12;/h2-10H,1H3,(H,22,23)(H,24,25);1H. The van der Waals surface area contributed by atoms with Gasteiger partial charge in [0, 0.05) is 22.7 Å². The normalized spacial score (nSPS) is 11.1. The Labute approximate surface area is 203 Å². The highest BCUT2D eigenvalue weighted by molar-refractivity contribution is 8.93. The van der Waals surface area contributed by atoms with E-state index in [0.29, 0.717) is 26.6 Å². The van der Waals surface area contributed by atoms with Crippen LogP contribution in [0.3, 0.4) is 0 Å².